The highest BCUT2D eigenvalue weighted by Gasteiger charge is 2.32. The maximum atomic E-state index is 12.9. The van der Waals surface area contributed by atoms with Crippen molar-refractivity contribution < 1.29 is 4.79 Å². The molecule has 0 radical (unpaired) electrons. The lowest BCUT2D eigenvalue weighted by molar-refractivity contribution is 0.0741. The monoisotopic (exact) mass is 283 g/mol. The maximum absolute atomic E-state index is 12.9. The number of amides is 1. The molecule has 0 atom stereocenters. The molecule has 1 amide bonds. The number of nitrogen functional groups attached to an aromatic ring is 1. The number of aromatic amines is 1. The molecule has 4 nitrogen and oxygen atoms in total. The fraction of sp³-hybridized carbons (Fsp3) is 0.471. The number of carbonyl (C=O) groups excluding carboxylic acids is 1. The van der Waals surface area contributed by atoms with Gasteiger partial charge in [-0.25, -0.2) is 0 Å². The van der Waals surface area contributed by atoms with Crippen LogP contribution in [0, 0.1) is 11.8 Å². The van der Waals surface area contributed by atoms with E-state index in [1.807, 2.05) is 24.4 Å². The second kappa shape index (κ2) is 4.79. The Morgan fingerprint density at radius 3 is 2.48 bits per heavy atom. The molecule has 110 valence electrons. The second-order valence-corrected chi connectivity index (χ2v) is 6.60. The van der Waals surface area contributed by atoms with Crippen LogP contribution in [0.2, 0.25) is 0 Å². The van der Waals surface area contributed by atoms with Crippen molar-refractivity contribution in [2.75, 3.05) is 18.8 Å². The van der Waals surface area contributed by atoms with E-state index in [9.17, 15) is 4.79 Å². The highest BCUT2D eigenvalue weighted by molar-refractivity contribution is 6.07. The summed E-state index contributed by atoms with van der Waals surface area (Å²) < 4.78 is 0. The van der Waals surface area contributed by atoms with Gasteiger partial charge in [0, 0.05) is 35.9 Å². The lowest BCUT2D eigenvalue weighted by Gasteiger charge is -2.22. The first kappa shape index (κ1) is 12.7. The predicted octanol–water partition coefficient (Wildman–Crippen LogP) is 3.01. The lowest BCUT2D eigenvalue weighted by Crippen LogP contribution is -2.34. The molecule has 0 saturated heterocycles. The third-order valence-electron chi connectivity index (χ3n) is 4.57. The van der Waals surface area contributed by atoms with Crippen LogP contribution in [-0.4, -0.2) is 28.9 Å². The Morgan fingerprint density at radius 1 is 1.19 bits per heavy atom. The number of hydrogen-bond acceptors (Lipinski definition) is 2. The number of fused-ring (bicyclic) bond motifs is 1. The van der Waals surface area contributed by atoms with E-state index in [0.29, 0.717) is 5.69 Å². The predicted molar refractivity (Wildman–Crippen MR) is 84.1 cm³/mol. The average Bonchev–Trinajstić information content (AvgIpc) is 3.38. The van der Waals surface area contributed by atoms with Crippen LogP contribution in [0.5, 0.6) is 0 Å². The smallest absolute Gasteiger partial charge is 0.256 e. The first-order chi connectivity index (χ1) is 10.2. The van der Waals surface area contributed by atoms with Gasteiger partial charge in [0.1, 0.15) is 0 Å². The molecule has 4 rings (SSSR count). The Hall–Kier alpha value is -1.97. The van der Waals surface area contributed by atoms with Crippen LogP contribution in [0.1, 0.15) is 36.0 Å². The fourth-order valence-electron chi connectivity index (χ4n) is 2.95. The zero-order valence-corrected chi connectivity index (χ0v) is 12.1. The molecule has 1 aromatic carbocycles. The van der Waals surface area contributed by atoms with Crippen molar-refractivity contribution in [3.8, 4) is 0 Å². The highest BCUT2D eigenvalue weighted by atomic mass is 16.2. The number of hydrogen-bond donors (Lipinski definition) is 2. The summed E-state index contributed by atoms with van der Waals surface area (Å²) in [4.78, 5) is 18.2. The van der Waals surface area contributed by atoms with Gasteiger partial charge in [-0.3, -0.25) is 4.79 Å². The minimum absolute atomic E-state index is 0.158. The molecule has 2 fully saturated rings. The van der Waals surface area contributed by atoms with Crippen LogP contribution in [0.3, 0.4) is 0 Å². The van der Waals surface area contributed by atoms with Gasteiger partial charge < -0.3 is 15.6 Å². The lowest BCUT2D eigenvalue weighted by atomic mass is 10.1. The van der Waals surface area contributed by atoms with Crippen molar-refractivity contribution in [3.05, 3.63) is 30.0 Å². The van der Waals surface area contributed by atoms with Crippen molar-refractivity contribution in [3.63, 3.8) is 0 Å². The standard InChI is InChI=1S/C17H21N3O/c18-13-5-6-16-14(7-13)15(8-19-16)17(21)20(9-11-1-2-11)10-12-3-4-12/h5-8,11-12,19H,1-4,9-10,18H2. The van der Waals surface area contributed by atoms with Crippen molar-refractivity contribution >= 4 is 22.5 Å². The number of nitrogens with one attached hydrogen (secondary N) is 1. The molecule has 0 unspecified atom stereocenters. The molecule has 1 heterocycles. The molecule has 2 aliphatic rings. The minimum atomic E-state index is 0.158. The van der Waals surface area contributed by atoms with E-state index in [0.717, 1.165) is 41.4 Å². The van der Waals surface area contributed by atoms with Crippen molar-refractivity contribution in [1.82, 2.24) is 9.88 Å². The number of anilines is 1. The second-order valence-electron chi connectivity index (χ2n) is 6.60. The van der Waals surface area contributed by atoms with Crippen molar-refractivity contribution in [2.24, 2.45) is 11.8 Å². The van der Waals surface area contributed by atoms with E-state index in [-0.39, 0.29) is 5.91 Å². The van der Waals surface area contributed by atoms with Crippen LogP contribution in [-0.2, 0) is 0 Å². The summed E-state index contributed by atoms with van der Waals surface area (Å²) in [6.45, 7) is 1.84. The number of benzene rings is 1. The molecular weight excluding hydrogens is 262 g/mol. The topological polar surface area (TPSA) is 62.1 Å². The zero-order chi connectivity index (χ0) is 14.4. The SMILES string of the molecule is Nc1ccc2[nH]cc(C(=O)N(CC3CC3)CC3CC3)c2c1. The van der Waals surface area contributed by atoms with Gasteiger partial charge in [-0.05, 0) is 55.7 Å². The Bertz CT molecular complexity index is 668. The third-order valence-corrected chi connectivity index (χ3v) is 4.57. The summed E-state index contributed by atoms with van der Waals surface area (Å²) in [5, 5.41) is 0.941. The normalized spacial score (nSPS) is 18.1. The summed E-state index contributed by atoms with van der Waals surface area (Å²) in [6.07, 6.45) is 6.92. The van der Waals surface area contributed by atoms with E-state index in [1.165, 1.54) is 25.7 Å². The molecule has 0 spiro atoms. The van der Waals surface area contributed by atoms with E-state index in [2.05, 4.69) is 9.88 Å². The van der Waals surface area contributed by atoms with Gasteiger partial charge in [0.05, 0.1) is 5.56 Å². The largest absolute Gasteiger partial charge is 0.399 e. The summed E-state index contributed by atoms with van der Waals surface area (Å²) in [5.74, 6) is 1.61. The molecule has 21 heavy (non-hydrogen) atoms. The van der Waals surface area contributed by atoms with E-state index in [1.54, 1.807) is 0 Å². The zero-order valence-electron chi connectivity index (χ0n) is 12.1. The molecule has 0 bridgehead atoms. The number of carbonyl (C=O) groups is 1. The number of aromatic nitrogens is 1. The van der Waals surface area contributed by atoms with Gasteiger partial charge >= 0.3 is 0 Å². The first-order valence-corrected chi connectivity index (χ1v) is 7.86. The third kappa shape index (κ3) is 2.62. The van der Waals surface area contributed by atoms with Crippen LogP contribution in [0.25, 0.3) is 10.9 Å². The van der Waals surface area contributed by atoms with Gasteiger partial charge in [-0.1, -0.05) is 0 Å². The van der Waals surface area contributed by atoms with E-state index >= 15 is 0 Å². The summed E-state index contributed by atoms with van der Waals surface area (Å²) in [5.41, 5.74) is 8.31. The first-order valence-electron chi connectivity index (χ1n) is 7.86. The van der Waals surface area contributed by atoms with Crippen LogP contribution < -0.4 is 5.73 Å². The van der Waals surface area contributed by atoms with Crippen molar-refractivity contribution in [1.29, 1.82) is 0 Å². The Kier molecular flexibility index (Phi) is 2.91. The molecule has 3 N–H and O–H groups in total. The average molecular weight is 283 g/mol. The van der Waals surface area contributed by atoms with Gasteiger partial charge in [0.2, 0.25) is 0 Å². The Morgan fingerprint density at radius 2 is 1.86 bits per heavy atom. The van der Waals surface area contributed by atoms with Crippen LogP contribution in [0.4, 0.5) is 5.69 Å². The summed E-state index contributed by atoms with van der Waals surface area (Å²) in [7, 11) is 0. The van der Waals surface area contributed by atoms with Crippen LogP contribution >= 0.6 is 0 Å². The number of rotatable bonds is 5. The molecular formula is C17H21N3O. The Balaban J connectivity index is 1.64. The number of nitrogens with zero attached hydrogens (tertiary/aromatic N) is 1. The Labute approximate surface area is 124 Å². The number of nitrogens with two attached hydrogens (primary N) is 1. The van der Waals surface area contributed by atoms with E-state index in [4.69, 9.17) is 5.73 Å². The molecule has 2 aliphatic carbocycles. The van der Waals surface area contributed by atoms with Gasteiger partial charge in [0.25, 0.3) is 5.91 Å². The quantitative estimate of drug-likeness (QED) is 0.829. The van der Waals surface area contributed by atoms with Gasteiger partial charge in [0.15, 0.2) is 0 Å². The molecule has 2 saturated carbocycles. The van der Waals surface area contributed by atoms with E-state index < -0.39 is 0 Å². The van der Waals surface area contributed by atoms with Crippen molar-refractivity contribution in [2.45, 2.75) is 25.7 Å². The highest BCUT2D eigenvalue weighted by Crippen LogP contribution is 2.35. The molecule has 0 aliphatic heterocycles. The maximum Gasteiger partial charge on any atom is 0.256 e. The number of H-pyrrole nitrogens is 1. The summed E-state index contributed by atoms with van der Waals surface area (Å²) >= 11 is 0. The van der Waals surface area contributed by atoms with Gasteiger partial charge in [-0.2, -0.15) is 0 Å². The summed E-state index contributed by atoms with van der Waals surface area (Å²) in [6, 6.07) is 5.69. The fourth-order valence-corrected chi connectivity index (χ4v) is 2.95. The molecule has 2 aromatic rings. The molecule has 1 aromatic heterocycles. The minimum Gasteiger partial charge on any atom is -0.399 e. The van der Waals surface area contributed by atoms with Gasteiger partial charge in [-0.15, -0.1) is 0 Å². The molecule has 4 heteroatoms. The van der Waals surface area contributed by atoms with Crippen LogP contribution in [0.15, 0.2) is 24.4 Å².